The zero-order valence-corrected chi connectivity index (χ0v) is 15.8. The minimum Gasteiger partial charge on any atom is -0.476 e. The molecule has 142 valence electrons. The van der Waals surface area contributed by atoms with Gasteiger partial charge in [-0.1, -0.05) is 42.5 Å². The van der Waals surface area contributed by atoms with Crippen LogP contribution in [0.15, 0.2) is 54.6 Å². The number of sulfonamides is 1. The predicted molar refractivity (Wildman–Crippen MR) is 103 cm³/mol. The monoisotopic (exact) mass is 386 g/mol. The summed E-state index contributed by atoms with van der Waals surface area (Å²) < 4.78 is 33.5. The Balaban J connectivity index is 1.64. The molecule has 1 saturated heterocycles. The first kappa shape index (κ1) is 17.9. The number of rotatable bonds is 4. The lowest BCUT2D eigenvalue weighted by molar-refractivity contribution is -0.137. The van der Waals surface area contributed by atoms with E-state index in [-0.39, 0.29) is 18.2 Å². The zero-order valence-electron chi connectivity index (χ0n) is 15.0. The van der Waals surface area contributed by atoms with E-state index in [1.807, 2.05) is 18.2 Å². The minimum atomic E-state index is -3.66. The number of carbonyl (C=O) groups excluding carboxylic acids is 1. The Morgan fingerprint density at radius 1 is 1.00 bits per heavy atom. The van der Waals surface area contributed by atoms with Crippen molar-refractivity contribution >= 4 is 21.6 Å². The third-order valence-corrected chi connectivity index (χ3v) is 6.67. The molecular formula is C20H22N2O4S. The predicted octanol–water partition coefficient (Wildman–Crippen LogP) is 2.41. The van der Waals surface area contributed by atoms with Crippen LogP contribution in [0.4, 0.5) is 5.69 Å². The number of anilines is 1. The fraction of sp³-hybridized carbons (Fsp3) is 0.350. The van der Waals surface area contributed by atoms with Crippen molar-refractivity contribution in [3.8, 4) is 5.75 Å². The second-order valence-electron chi connectivity index (χ2n) is 6.88. The molecule has 2 aromatic rings. The summed E-state index contributed by atoms with van der Waals surface area (Å²) in [7, 11) is -3.66. The molecule has 0 radical (unpaired) electrons. The lowest BCUT2D eigenvalue weighted by Gasteiger charge is -2.36. The Hall–Kier alpha value is -2.54. The standard InChI is InChI=1S/C20H22N2O4S/c23-20(21-12-6-7-13-21)19-14-22(17-10-4-5-11-18(17)26-19)27(24,25)15-16-8-2-1-3-9-16/h1-5,8-11,19H,6-7,12-15H2/t19-/m0/s1. The van der Waals surface area contributed by atoms with Crippen LogP contribution in [0.3, 0.4) is 0 Å². The van der Waals surface area contributed by atoms with Crippen molar-refractivity contribution < 1.29 is 17.9 Å². The van der Waals surface area contributed by atoms with Gasteiger partial charge in [-0.25, -0.2) is 8.42 Å². The van der Waals surface area contributed by atoms with Crippen molar-refractivity contribution in [1.29, 1.82) is 0 Å². The lowest BCUT2D eigenvalue weighted by Crippen LogP contribution is -2.51. The van der Waals surface area contributed by atoms with Crippen molar-refractivity contribution in [2.45, 2.75) is 24.7 Å². The molecule has 0 aliphatic carbocycles. The van der Waals surface area contributed by atoms with Crippen LogP contribution in [0.1, 0.15) is 18.4 Å². The van der Waals surface area contributed by atoms with Crippen LogP contribution in [0, 0.1) is 0 Å². The molecule has 2 heterocycles. The molecule has 0 spiro atoms. The number of amides is 1. The summed E-state index contributed by atoms with van der Waals surface area (Å²) in [6, 6.07) is 16.0. The number of benzene rings is 2. The molecule has 1 amide bonds. The molecule has 0 aromatic heterocycles. The molecule has 7 heteroatoms. The van der Waals surface area contributed by atoms with Gasteiger partial charge < -0.3 is 9.64 Å². The fourth-order valence-corrected chi connectivity index (χ4v) is 5.18. The lowest BCUT2D eigenvalue weighted by atomic mass is 10.2. The summed E-state index contributed by atoms with van der Waals surface area (Å²) in [4.78, 5) is 14.6. The van der Waals surface area contributed by atoms with E-state index in [0.717, 1.165) is 12.8 Å². The molecule has 27 heavy (non-hydrogen) atoms. The zero-order chi connectivity index (χ0) is 18.9. The van der Waals surface area contributed by atoms with Gasteiger partial charge in [0.05, 0.1) is 18.0 Å². The largest absolute Gasteiger partial charge is 0.476 e. The van der Waals surface area contributed by atoms with E-state index < -0.39 is 16.1 Å². The number of likely N-dealkylation sites (tertiary alicyclic amines) is 1. The maximum absolute atomic E-state index is 13.2. The molecule has 2 aliphatic heterocycles. The highest BCUT2D eigenvalue weighted by atomic mass is 32.2. The van der Waals surface area contributed by atoms with Crippen LogP contribution < -0.4 is 9.04 Å². The number of fused-ring (bicyclic) bond motifs is 1. The van der Waals surface area contributed by atoms with Crippen molar-refractivity contribution in [2.24, 2.45) is 0 Å². The van der Waals surface area contributed by atoms with E-state index in [9.17, 15) is 13.2 Å². The molecule has 2 aromatic carbocycles. The van der Waals surface area contributed by atoms with Gasteiger partial charge in [-0.15, -0.1) is 0 Å². The van der Waals surface area contributed by atoms with E-state index in [2.05, 4.69) is 0 Å². The summed E-state index contributed by atoms with van der Waals surface area (Å²) in [5.41, 5.74) is 1.20. The van der Waals surface area contributed by atoms with Gasteiger partial charge in [-0.2, -0.15) is 0 Å². The number of hydrogen-bond acceptors (Lipinski definition) is 4. The molecule has 0 N–H and O–H groups in total. The quantitative estimate of drug-likeness (QED) is 0.809. The second kappa shape index (κ2) is 7.23. The average molecular weight is 386 g/mol. The van der Waals surface area contributed by atoms with Crippen LogP contribution in [0.2, 0.25) is 0 Å². The van der Waals surface area contributed by atoms with Gasteiger partial charge in [0.15, 0.2) is 6.10 Å². The van der Waals surface area contributed by atoms with Crippen LogP contribution in [0.5, 0.6) is 5.75 Å². The van der Waals surface area contributed by atoms with Gasteiger partial charge in [0.2, 0.25) is 10.0 Å². The van der Waals surface area contributed by atoms with E-state index >= 15 is 0 Å². The Kier molecular flexibility index (Phi) is 4.78. The molecule has 0 saturated carbocycles. The highest BCUT2D eigenvalue weighted by Crippen LogP contribution is 2.36. The number of ether oxygens (including phenoxy) is 1. The summed E-state index contributed by atoms with van der Waals surface area (Å²) >= 11 is 0. The highest BCUT2D eigenvalue weighted by molar-refractivity contribution is 7.92. The van der Waals surface area contributed by atoms with Gasteiger partial charge in [-0.05, 0) is 30.5 Å². The van der Waals surface area contributed by atoms with Gasteiger partial charge >= 0.3 is 0 Å². The summed E-state index contributed by atoms with van der Waals surface area (Å²) in [5.74, 6) is 0.173. The Bertz CT molecular complexity index is 924. The number of carbonyl (C=O) groups is 1. The fourth-order valence-electron chi connectivity index (χ4n) is 3.60. The number of para-hydroxylation sites is 2. The molecule has 0 unspecified atom stereocenters. The Morgan fingerprint density at radius 3 is 2.41 bits per heavy atom. The highest BCUT2D eigenvalue weighted by Gasteiger charge is 2.38. The van der Waals surface area contributed by atoms with Crippen LogP contribution in [-0.2, 0) is 20.6 Å². The van der Waals surface area contributed by atoms with Crippen molar-refractivity contribution in [1.82, 2.24) is 4.90 Å². The smallest absolute Gasteiger partial charge is 0.265 e. The van der Waals surface area contributed by atoms with Crippen LogP contribution in [-0.4, -0.2) is 45.0 Å². The molecule has 6 nitrogen and oxygen atoms in total. The van der Waals surface area contributed by atoms with Gasteiger partial charge in [0.1, 0.15) is 5.75 Å². The molecular weight excluding hydrogens is 364 g/mol. The summed E-state index contributed by atoms with van der Waals surface area (Å²) in [5, 5.41) is 0. The van der Waals surface area contributed by atoms with E-state index in [4.69, 9.17) is 4.74 Å². The van der Waals surface area contributed by atoms with E-state index in [1.165, 1.54) is 4.31 Å². The molecule has 0 bridgehead atoms. The second-order valence-corrected chi connectivity index (χ2v) is 8.77. The normalized spacial score (nSPS) is 19.5. The molecule has 2 aliphatic rings. The first-order valence-corrected chi connectivity index (χ1v) is 10.7. The number of hydrogen-bond donors (Lipinski definition) is 0. The first-order chi connectivity index (χ1) is 13.0. The van der Waals surface area contributed by atoms with Gasteiger partial charge in [-0.3, -0.25) is 9.10 Å². The Morgan fingerprint density at radius 2 is 1.67 bits per heavy atom. The van der Waals surface area contributed by atoms with Crippen LogP contribution >= 0.6 is 0 Å². The topological polar surface area (TPSA) is 66.9 Å². The van der Waals surface area contributed by atoms with Crippen molar-refractivity contribution in [2.75, 3.05) is 23.9 Å². The first-order valence-electron chi connectivity index (χ1n) is 9.13. The van der Waals surface area contributed by atoms with Crippen molar-refractivity contribution in [3.05, 3.63) is 60.2 Å². The SMILES string of the molecule is O=C([C@@H]1CN(S(=O)(=O)Cc2ccccc2)c2ccccc2O1)N1CCCC1. The van der Waals surface area contributed by atoms with Gasteiger partial charge in [0, 0.05) is 13.1 Å². The van der Waals surface area contributed by atoms with Crippen LogP contribution in [0.25, 0.3) is 0 Å². The summed E-state index contributed by atoms with van der Waals surface area (Å²) in [6.45, 7) is 1.41. The third-order valence-electron chi connectivity index (χ3n) is 4.96. The molecule has 4 rings (SSSR count). The average Bonchev–Trinajstić information content (AvgIpc) is 3.21. The van der Waals surface area contributed by atoms with Gasteiger partial charge in [0.25, 0.3) is 5.91 Å². The van der Waals surface area contributed by atoms with Crippen molar-refractivity contribution in [3.63, 3.8) is 0 Å². The Labute approximate surface area is 159 Å². The summed E-state index contributed by atoms with van der Waals surface area (Å²) in [6.07, 6.45) is 1.14. The maximum atomic E-state index is 13.2. The number of nitrogens with zero attached hydrogens (tertiary/aromatic N) is 2. The third kappa shape index (κ3) is 3.64. The maximum Gasteiger partial charge on any atom is 0.265 e. The molecule has 1 fully saturated rings. The minimum absolute atomic E-state index is 0.00150. The van der Waals surface area contributed by atoms with E-state index in [1.54, 1.807) is 41.3 Å². The van der Waals surface area contributed by atoms with E-state index in [0.29, 0.717) is 30.1 Å². The molecule has 1 atom stereocenters.